The first-order valence-corrected chi connectivity index (χ1v) is 17.7. The summed E-state index contributed by atoms with van der Waals surface area (Å²) >= 11 is 2.00. The van der Waals surface area contributed by atoms with Crippen LogP contribution in [0.25, 0.3) is 32.9 Å². The topological polar surface area (TPSA) is 68.9 Å². The summed E-state index contributed by atoms with van der Waals surface area (Å²) in [5.74, 6) is 2.91. The molecule has 4 saturated heterocycles. The molecule has 6 heterocycles. The molecule has 45 heavy (non-hydrogen) atoms. The van der Waals surface area contributed by atoms with Crippen molar-refractivity contribution in [3.63, 3.8) is 0 Å². The van der Waals surface area contributed by atoms with E-state index in [1.807, 2.05) is 18.7 Å². The molecule has 0 aliphatic carbocycles. The zero-order valence-electron chi connectivity index (χ0n) is 25.8. The highest BCUT2D eigenvalue weighted by Crippen LogP contribution is 2.47. The van der Waals surface area contributed by atoms with Crippen molar-refractivity contribution < 1.29 is 8.78 Å². The lowest BCUT2D eigenvalue weighted by atomic mass is 9.82. The second-order valence-corrected chi connectivity index (χ2v) is 14.7. The van der Waals surface area contributed by atoms with Gasteiger partial charge in [-0.1, -0.05) is 13.0 Å². The number of aromatic nitrogens is 3. The van der Waals surface area contributed by atoms with Gasteiger partial charge in [0.25, 0.3) is 0 Å². The predicted octanol–water partition coefficient (Wildman–Crippen LogP) is 7.45. The lowest BCUT2D eigenvalue weighted by molar-refractivity contribution is 0.181. The Hall–Kier alpha value is -3.35. The average Bonchev–Trinajstić information content (AvgIpc) is 3.63. The van der Waals surface area contributed by atoms with Crippen LogP contribution in [0.2, 0.25) is 0 Å². The van der Waals surface area contributed by atoms with Gasteiger partial charge in [0.2, 0.25) is 0 Å². The molecule has 4 fully saturated rings. The number of nitrogens with zero attached hydrogens (tertiary/aromatic N) is 6. The third kappa shape index (κ3) is 4.79. The van der Waals surface area contributed by atoms with Crippen LogP contribution < -0.4 is 4.90 Å². The highest BCUT2D eigenvalue weighted by Gasteiger charge is 2.44. The van der Waals surface area contributed by atoms with E-state index in [0.717, 1.165) is 56.3 Å². The number of halogens is 2. The van der Waals surface area contributed by atoms with Gasteiger partial charge < -0.3 is 4.90 Å². The number of pyridine rings is 1. The van der Waals surface area contributed by atoms with Crippen molar-refractivity contribution in [2.45, 2.75) is 70.3 Å². The normalized spacial score (nSPS) is 20.5. The number of piperidine rings is 1. The maximum Gasteiger partial charge on any atom is 0.175 e. The highest BCUT2D eigenvalue weighted by atomic mass is 32.2. The van der Waals surface area contributed by atoms with Crippen molar-refractivity contribution in [3.05, 3.63) is 59.0 Å². The van der Waals surface area contributed by atoms with Crippen molar-refractivity contribution in [1.29, 1.82) is 5.26 Å². The zero-order valence-corrected chi connectivity index (χ0v) is 26.7. The fraction of sp³-hybridized carbons (Fsp3) is 0.500. The first-order valence-electron chi connectivity index (χ1n) is 16.5. The summed E-state index contributed by atoms with van der Waals surface area (Å²) in [6, 6.07) is 8.64. The largest absolute Gasteiger partial charge is 0.355 e. The number of hydrogen-bond acceptors (Lipinski definition) is 7. The Kier molecular flexibility index (Phi) is 7.22. The zero-order chi connectivity index (χ0) is 30.8. The number of benzene rings is 2. The van der Waals surface area contributed by atoms with Crippen molar-refractivity contribution in [2.75, 3.05) is 42.6 Å². The number of aryl methyl sites for hydroxylation is 2. The van der Waals surface area contributed by atoms with Gasteiger partial charge in [-0.05, 0) is 99.0 Å². The van der Waals surface area contributed by atoms with Crippen LogP contribution in [0, 0.1) is 28.4 Å². The molecule has 2 aromatic carbocycles. The first kappa shape index (κ1) is 29.1. The second kappa shape index (κ2) is 11.2. The Morgan fingerprint density at radius 3 is 2.56 bits per heavy atom. The maximum atomic E-state index is 17.0. The average molecular weight is 625 g/mol. The third-order valence-corrected chi connectivity index (χ3v) is 12.7. The van der Waals surface area contributed by atoms with Gasteiger partial charge in [0.1, 0.15) is 28.7 Å². The van der Waals surface area contributed by atoms with Crippen molar-refractivity contribution in [1.82, 2.24) is 19.9 Å². The molecule has 9 heteroatoms. The Bertz CT molecular complexity index is 1850. The number of anilines is 1. The molecule has 2 aromatic heterocycles. The SMILES string of the molecule is CCc1c(F)ccc2cc(C#N)cc(-c3ncc4c(N5CCCC6(CSC6)C5)nc(CCC56CCCN5CCC6)nc4c3F)c12. The van der Waals surface area contributed by atoms with E-state index >= 15 is 8.78 Å². The minimum absolute atomic E-state index is 0.0994. The fourth-order valence-corrected chi connectivity index (χ4v) is 9.99. The predicted molar refractivity (Wildman–Crippen MR) is 177 cm³/mol. The molecular weight excluding hydrogens is 587 g/mol. The van der Waals surface area contributed by atoms with Gasteiger partial charge in [-0.15, -0.1) is 0 Å². The van der Waals surface area contributed by atoms with E-state index < -0.39 is 5.82 Å². The Morgan fingerprint density at radius 1 is 1.02 bits per heavy atom. The van der Waals surface area contributed by atoms with Gasteiger partial charge in [0.05, 0.1) is 17.0 Å². The molecule has 1 spiro atoms. The first-order chi connectivity index (χ1) is 21.9. The Labute approximate surface area is 267 Å². The maximum absolute atomic E-state index is 17.0. The summed E-state index contributed by atoms with van der Waals surface area (Å²) in [5.41, 5.74) is 2.18. The van der Waals surface area contributed by atoms with E-state index in [4.69, 9.17) is 15.0 Å². The van der Waals surface area contributed by atoms with Gasteiger partial charge in [0, 0.05) is 53.7 Å². The summed E-state index contributed by atoms with van der Waals surface area (Å²) in [6.07, 6.45) is 11.0. The molecule has 0 atom stereocenters. The van der Waals surface area contributed by atoms with Crippen LogP contribution in [0.5, 0.6) is 0 Å². The van der Waals surface area contributed by atoms with Crippen LogP contribution in [0.15, 0.2) is 30.5 Å². The smallest absolute Gasteiger partial charge is 0.175 e. The summed E-state index contributed by atoms with van der Waals surface area (Å²) < 4.78 is 32.1. The van der Waals surface area contributed by atoms with Crippen LogP contribution in [-0.4, -0.2) is 63.1 Å². The van der Waals surface area contributed by atoms with Gasteiger partial charge >= 0.3 is 0 Å². The molecule has 4 aliphatic heterocycles. The summed E-state index contributed by atoms with van der Waals surface area (Å²) in [5, 5.41) is 11.7. The van der Waals surface area contributed by atoms with Gasteiger partial charge in [-0.25, -0.2) is 18.7 Å². The molecule has 4 aliphatic rings. The highest BCUT2D eigenvalue weighted by molar-refractivity contribution is 8.00. The van der Waals surface area contributed by atoms with Crippen LogP contribution in [0.3, 0.4) is 0 Å². The van der Waals surface area contributed by atoms with Crippen molar-refractivity contribution in [3.8, 4) is 17.3 Å². The molecule has 0 saturated carbocycles. The van der Waals surface area contributed by atoms with Crippen LogP contribution in [0.4, 0.5) is 14.6 Å². The molecule has 0 amide bonds. The lowest BCUT2D eigenvalue weighted by Crippen LogP contribution is -2.51. The summed E-state index contributed by atoms with van der Waals surface area (Å²) in [6.45, 7) is 6.01. The van der Waals surface area contributed by atoms with Crippen molar-refractivity contribution >= 4 is 39.3 Å². The number of hydrogen-bond donors (Lipinski definition) is 0. The van der Waals surface area contributed by atoms with Gasteiger partial charge in [-0.3, -0.25) is 9.88 Å². The molecule has 0 radical (unpaired) electrons. The molecular formula is C36H38F2N6S. The third-order valence-electron chi connectivity index (χ3n) is 11.0. The van der Waals surface area contributed by atoms with E-state index in [-0.39, 0.29) is 22.6 Å². The fourth-order valence-electron chi connectivity index (χ4n) is 8.73. The standard InChI is InChI=1S/C36H38F2N6S/c1-2-25-28(37)7-6-24-16-23(18-39)17-26(30(24)25)32-31(38)33-27(19-40-32)34(43-13-3-9-35(20-43)21-45-22-35)42-29(41-33)8-12-36-10-4-14-44(36)15-5-11-36/h6-7,16-17,19H,2-5,8-15,20-22H2,1H3. The molecule has 0 unspecified atom stereocenters. The molecule has 8 rings (SSSR count). The van der Waals surface area contributed by atoms with E-state index in [1.54, 1.807) is 24.4 Å². The minimum Gasteiger partial charge on any atom is -0.355 e. The Morgan fingerprint density at radius 2 is 1.82 bits per heavy atom. The number of fused-ring (bicyclic) bond motifs is 3. The van der Waals surface area contributed by atoms with Crippen LogP contribution >= 0.6 is 11.8 Å². The van der Waals surface area contributed by atoms with E-state index in [2.05, 4.69) is 15.9 Å². The molecule has 4 aromatic rings. The van der Waals surface area contributed by atoms with E-state index in [0.29, 0.717) is 56.9 Å². The number of nitriles is 1. The van der Waals surface area contributed by atoms with Gasteiger partial charge in [0.15, 0.2) is 5.82 Å². The number of rotatable bonds is 6. The minimum atomic E-state index is -0.535. The molecule has 0 N–H and O–H groups in total. The Balaban J connectivity index is 1.29. The molecule has 0 bridgehead atoms. The van der Waals surface area contributed by atoms with Crippen LogP contribution in [-0.2, 0) is 12.8 Å². The van der Waals surface area contributed by atoms with Crippen molar-refractivity contribution in [2.24, 2.45) is 5.41 Å². The summed E-state index contributed by atoms with van der Waals surface area (Å²) in [7, 11) is 0. The van der Waals surface area contributed by atoms with Gasteiger partial charge in [-0.2, -0.15) is 17.0 Å². The second-order valence-electron chi connectivity index (χ2n) is 13.7. The monoisotopic (exact) mass is 624 g/mol. The van der Waals surface area contributed by atoms with E-state index in [1.165, 1.54) is 38.2 Å². The van der Waals surface area contributed by atoms with Crippen LogP contribution in [0.1, 0.15) is 68.8 Å². The number of thioether (sulfide) groups is 1. The molecule has 6 nitrogen and oxygen atoms in total. The summed E-state index contributed by atoms with van der Waals surface area (Å²) in [4.78, 5) is 19.8. The lowest BCUT2D eigenvalue weighted by Gasteiger charge is -2.48. The quantitative estimate of drug-likeness (QED) is 0.221. The van der Waals surface area contributed by atoms with E-state index in [9.17, 15) is 5.26 Å². The molecule has 232 valence electrons.